The van der Waals surface area contributed by atoms with Crippen LogP contribution in [0.15, 0.2) is 24.0 Å². The molecule has 2 heteroatoms. The van der Waals surface area contributed by atoms with Crippen molar-refractivity contribution in [2.24, 2.45) is 5.73 Å². The Morgan fingerprint density at radius 1 is 1.75 bits per heavy atom. The Morgan fingerprint density at radius 2 is 2.62 bits per heavy atom. The van der Waals surface area contributed by atoms with Crippen LogP contribution in [0.3, 0.4) is 0 Å². The van der Waals surface area contributed by atoms with Crippen LogP contribution in [0, 0.1) is 0 Å². The van der Waals surface area contributed by atoms with Crippen molar-refractivity contribution in [1.29, 1.82) is 0 Å². The number of hydrogen-bond donors (Lipinski definition) is 1. The van der Waals surface area contributed by atoms with Gasteiger partial charge in [-0.1, -0.05) is 6.08 Å². The first-order valence-corrected chi connectivity index (χ1v) is 2.62. The fraction of sp³-hybridized carbons (Fsp3) is 0.333. The van der Waals surface area contributed by atoms with Crippen molar-refractivity contribution in [2.75, 3.05) is 13.2 Å². The molecular formula is C6H9NO. The van der Waals surface area contributed by atoms with E-state index in [1.54, 1.807) is 0 Å². The summed E-state index contributed by atoms with van der Waals surface area (Å²) in [6.45, 7) is 1.17. The van der Waals surface area contributed by atoms with Crippen molar-refractivity contribution in [3.8, 4) is 0 Å². The first-order chi connectivity index (χ1) is 3.93. The third-order valence-corrected chi connectivity index (χ3v) is 0.984. The van der Waals surface area contributed by atoms with E-state index >= 15 is 0 Å². The minimum absolute atomic E-state index is 0.504. The van der Waals surface area contributed by atoms with Crippen LogP contribution in [0.2, 0.25) is 0 Å². The second-order valence-corrected chi connectivity index (χ2v) is 1.58. The van der Waals surface area contributed by atoms with E-state index in [4.69, 9.17) is 10.5 Å². The van der Waals surface area contributed by atoms with Gasteiger partial charge in [0.15, 0.2) is 0 Å². The monoisotopic (exact) mass is 111 g/mol. The molecule has 0 aromatic heterocycles. The lowest BCUT2D eigenvalue weighted by Gasteiger charge is -2.07. The Hall–Kier alpha value is -0.760. The van der Waals surface area contributed by atoms with Crippen LogP contribution in [-0.2, 0) is 4.74 Å². The van der Waals surface area contributed by atoms with Gasteiger partial charge in [0.2, 0.25) is 0 Å². The molecule has 0 atom stereocenters. The summed E-state index contributed by atoms with van der Waals surface area (Å²) in [5.41, 5.74) is 5.28. The van der Waals surface area contributed by atoms with E-state index in [2.05, 4.69) is 0 Å². The molecule has 1 aliphatic heterocycles. The summed E-state index contributed by atoms with van der Waals surface area (Å²) < 4.78 is 5.08. The predicted octanol–water partition coefficient (Wildman–Crippen LogP) is 0.415. The van der Waals surface area contributed by atoms with Crippen LogP contribution in [0.4, 0.5) is 0 Å². The third-order valence-electron chi connectivity index (χ3n) is 0.984. The zero-order valence-corrected chi connectivity index (χ0v) is 4.63. The number of nitrogens with two attached hydrogens (primary N) is 1. The van der Waals surface area contributed by atoms with Crippen molar-refractivity contribution in [1.82, 2.24) is 0 Å². The first kappa shape index (κ1) is 5.38. The van der Waals surface area contributed by atoms with E-state index in [9.17, 15) is 0 Å². The van der Waals surface area contributed by atoms with E-state index < -0.39 is 0 Å². The van der Waals surface area contributed by atoms with Gasteiger partial charge in [0.1, 0.15) is 12.4 Å². The molecule has 0 radical (unpaired) electrons. The van der Waals surface area contributed by atoms with Crippen molar-refractivity contribution < 1.29 is 4.74 Å². The summed E-state index contributed by atoms with van der Waals surface area (Å²) in [5, 5.41) is 0. The van der Waals surface area contributed by atoms with Gasteiger partial charge < -0.3 is 10.5 Å². The minimum Gasteiger partial charge on any atom is -0.493 e. The Morgan fingerprint density at radius 3 is 3.00 bits per heavy atom. The SMILES string of the molecule is NCC1=CC=CCO1. The third kappa shape index (κ3) is 1.10. The van der Waals surface area contributed by atoms with E-state index in [1.807, 2.05) is 18.2 Å². The molecule has 0 fully saturated rings. The standard InChI is InChI=1S/C6H9NO/c7-5-6-3-1-2-4-8-6/h1-3H,4-5,7H2. The molecule has 0 bridgehead atoms. The van der Waals surface area contributed by atoms with Crippen LogP contribution in [0.1, 0.15) is 0 Å². The lowest BCUT2D eigenvalue weighted by molar-refractivity contribution is 0.240. The van der Waals surface area contributed by atoms with E-state index in [0.29, 0.717) is 13.2 Å². The van der Waals surface area contributed by atoms with E-state index in [1.165, 1.54) is 0 Å². The maximum atomic E-state index is 5.28. The highest BCUT2D eigenvalue weighted by Gasteiger charge is 1.93. The van der Waals surface area contributed by atoms with Gasteiger partial charge >= 0.3 is 0 Å². The van der Waals surface area contributed by atoms with Gasteiger partial charge in [0.05, 0.1) is 6.54 Å². The molecule has 0 aliphatic carbocycles. The fourth-order valence-corrected chi connectivity index (χ4v) is 0.561. The van der Waals surface area contributed by atoms with Crippen LogP contribution < -0.4 is 5.73 Å². The summed E-state index contributed by atoms with van der Waals surface area (Å²) in [4.78, 5) is 0. The molecular weight excluding hydrogens is 102 g/mol. The molecule has 1 heterocycles. The van der Waals surface area contributed by atoms with Gasteiger partial charge in [-0.3, -0.25) is 0 Å². The number of allylic oxidation sites excluding steroid dienone is 2. The maximum absolute atomic E-state index is 5.28. The summed E-state index contributed by atoms with van der Waals surface area (Å²) in [7, 11) is 0. The molecule has 1 aliphatic rings. The van der Waals surface area contributed by atoms with Gasteiger partial charge in [-0.25, -0.2) is 0 Å². The Kier molecular flexibility index (Phi) is 1.70. The molecule has 0 saturated carbocycles. The highest BCUT2D eigenvalue weighted by Crippen LogP contribution is 1.99. The highest BCUT2D eigenvalue weighted by molar-refractivity contribution is 5.12. The first-order valence-electron chi connectivity index (χ1n) is 2.62. The molecule has 0 amide bonds. The van der Waals surface area contributed by atoms with Gasteiger partial charge in [0, 0.05) is 0 Å². The lowest BCUT2D eigenvalue weighted by Crippen LogP contribution is -2.08. The molecule has 44 valence electrons. The second kappa shape index (κ2) is 2.52. The van der Waals surface area contributed by atoms with Crippen molar-refractivity contribution in [2.45, 2.75) is 0 Å². The van der Waals surface area contributed by atoms with Crippen LogP contribution in [-0.4, -0.2) is 13.2 Å². The normalized spacial score (nSPS) is 17.4. The smallest absolute Gasteiger partial charge is 0.110 e. The molecule has 0 saturated heterocycles. The fourth-order valence-electron chi connectivity index (χ4n) is 0.561. The van der Waals surface area contributed by atoms with Crippen molar-refractivity contribution >= 4 is 0 Å². The zero-order valence-electron chi connectivity index (χ0n) is 4.63. The summed E-state index contributed by atoms with van der Waals surface area (Å²) >= 11 is 0. The maximum Gasteiger partial charge on any atom is 0.110 e. The second-order valence-electron chi connectivity index (χ2n) is 1.58. The molecule has 0 aromatic carbocycles. The van der Waals surface area contributed by atoms with E-state index in [0.717, 1.165) is 5.76 Å². The van der Waals surface area contributed by atoms with Gasteiger partial charge in [0.25, 0.3) is 0 Å². The minimum atomic E-state index is 0.504. The molecule has 0 spiro atoms. The number of rotatable bonds is 1. The van der Waals surface area contributed by atoms with Gasteiger partial charge in [-0.05, 0) is 12.2 Å². The Labute approximate surface area is 48.6 Å². The zero-order chi connectivity index (χ0) is 5.82. The molecule has 0 unspecified atom stereocenters. The summed E-state index contributed by atoms with van der Waals surface area (Å²) in [6.07, 6.45) is 5.77. The molecule has 2 nitrogen and oxygen atoms in total. The predicted molar refractivity (Wildman–Crippen MR) is 32.2 cm³/mol. The Bertz CT molecular complexity index is 126. The summed E-state index contributed by atoms with van der Waals surface area (Å²) in [6, 6.07) is 0. The van der Waals surface area contributed by atoms with Crippen molar-refractivity contribution in [3.63, 3.8) is 0 Å². The van der Waals surface area contributed by atoms with Crippen LogP contribution in [0.25, 0.3) is 0 Å². The highest BCUT2D eigenvalue weighted by atomic mass is 16.5. The largest absolute Gasteiger partial charge is 0.493 e. The van der Waals surface area contributed by atoms with Crippen molar-refractivity contribution in [3.05, 3.63) is 24.0 Å². The average molecular weight is 111 g/mol. The topological polar surface area (TPSA) is 35.2 Å². The van der Waals surface area contributed by atoms with E-state index in [-0.39, 0.29) is 0 Å². The molecule has 8 heavy (non-hydrogen) atoms. The quantitative estimate of drug-likeness (QED) is 0.532. The number of ether oxygens (including phenoxy) is 1. The Balaban J connectivity index is 2.50. The lowest BCUT2D eigenvalue weighted by atomic mass is 10.3. The molecule has 2 N–H and O–H groups in total. The summed E-state index contributed by atoms with van der Waals surface area (Å²) in [5.74, 6) is 0.868. The van der Waals surface area contributed by atoms with Gasteiger partial charge in [-0.2, -0.15) is 0 Å². The van der Waals surface area contributed by atoms with Gasteiger partial charge in [-0.15, -0.1) is 0 Å². The molecule has 0 aromatic rings. The van der Waals surface area contributed by atoms with Crippen LogP contribution >= 0.6 is 0 Å². The number of hydrogen-bond acceptors (Lipinski definition) is 2. The van der Waals surface area contributed by atoms with Crippen LogP contribution in [0.5, 0.6) is 0 Å². The molecule has 1 rings (SSSR count). The average Bonchev–Trinajstić information content (AvgIpc) is 1.90.